The zero-order valence-electron chi connectivity index (χ0n) is 11.5. The van der Waals surface area contributed by atoms with Crippen LogP contribution >= 0.6 is 15.9 Å². The maximum Gasteiger partial charge on any atom is 0.137 e. The first-order chi connectivity index (χ1) is 9.20. The van der Waals surface area contributed by atoms with E-state index in [9.17, 15) is 4.39 Å². The molecule has 2 rings (SSSR count). The van der Waals surface area contributed by atoms with Gasteiger partial charge in [-0.15, -0.1) is 0 Å². The average Bonchev–Trinajstić information content (AvgIpc) is 2.43. The largest absolute Gasteiger partial charge is 0.320 e. The highest BCUT2D eigenvalue weighted by molar-refractivity contribution is 9.10. The van der Waals surface area contributed by atoms with Crippen molar-refractivity contribution in [2.75, 3.05) is 26.7 Å². The zero-order chi connectivity index (χ0) is 13.7. The minimum atomic E-state index is -0.165. The van der Waals surface area contributed by atoms with Crippen molar-refractivity contribution < 1.29 is 4.39 Å². The fourth-order valence-electron chi connectivity index (χ4n) is 2.69. The van der Waals surface area contributed by atoms with Crippen LogP contribution in [0.5, 0.6) is 0 Å². The van der Waals surface area contributed by atoms with E-state index in [1.807, 2.05) is 13.1 Å². The van der Waals surface area contributed by atoms with E-state index in [4.69, 9.17) is 0 Å². The summed E-state index contributed by atoms with van der Waals surface area (Å²) >= 11 is 3.34. The van der Waals surface area contributed by atoms with Crippen LogP contribution in [0.1, 0.15) is 24.8 Å². The molecular weight excluding hydrogens is 307 g/mol. The smallest absolute Gasteiger partial charge is 0.137 e. The average molecular weight is 329 g/mol. The van der Waals surface area contributed by atoms with Crippen LogP contribution in [-0.4, -0.2) is 31.6 Å². The Morgan fingerprint density at radius 1 is 1.37 bits per heavy atom. The number of hydrogen-bond acceptors (Lipinski definition) is 2. The van der Waals surface area contributed by atoms with Crippen molar-refractivity contribution in [3.63, 3.8) is 0 Å². The number of nitrogens with one attached hydrogen (secondary N) is 1. The summed E-state index contributed by atoms with van der Waals surface area (Å²) in [6.07, 6.45) is 3.79. The topological polar surface area (TPSA) is 15.3 Å². The number of hydrogen-bond donors (Lipinski definition) is 1. The fraction of sp³-hybridized carbons (Fsp3) is 0.600. The number of halogens is 2. The molecule has 19 heavy (non-hydrogen) atoms. The van der Waals surface area contributed by atoms with E-state index in [2.05, 4.69) is 26.1 Å². The van der Waals surface area contributed by atoms with Gasteiger partial charge in [0, 0.05) is 6.54 Å². The summed E-state index contributed by atoms with van der Waals surface area (Å²) in [5.41, 5.74) is 1.05. The van der Waals surface area contributed by atoms with Gasteiger partial charge in [-0.25, -0.2) is 4.39 Å². The number of piperidine rings is 1. The Kier molecular flexibility index (Phi) is 5.79. The van der Waals surface area contributed by atoms with Crippen LogP contribution in [-0.2, 0) is 6.54 Å². The van der Waals surface area contributed by atoms with Gasteiger partial charge in [-0.1, -0.05) is 12.1 Å². The summed E-state index contributed by atoms with van der Waals surface area (Å²) in [5.74, 6) is 0.682. The van der Waals surface area contributed by atoms with Gasteiger partial charge in [-0.3, -0.25) is 4.90 Å². The van der Waals surface area contributed by atoms with Gasteiger partial charge in [0.05, 0.1) is 4.47 Å². The van der Waals surface area contributed by atoms with Crippen LogP contribution in [0.2, 0.25) is 0 Å². The first kappa shape index (κ1) is 14.9. The van der Waals surface area contributed by atoms with E-state index in [0.29, 0.717) is 4.47 Å². The molecule has 0 atom stereocenters. The van der Waals surface area contributed by atoms with Crippen molar-refractivity contribution >= 4 is 15.9 Å². The molecule has 0 amide bonds. The Balaban J connectivity index is 1.84. The van der Waals surface area contributed by atoms with Crippen LogP contribution < -0.4 is 5.32 Å². The molecule has 0 aliphatic carbocycles. The monoisotopic (exact) mass is 328 g/mol. The Hall–Kier alpha value is -0.450. The highest BCUT2D eigenvalue weighted by Crippen LogP contribution is 2.25. The number of likely N-dealkylation sites (tertiary alicyclic amines) is 1. The third kappa shape index (κ3) is 4.26. The second-order valence-corrected chi connectivity index (χ2v) is 6.12. The van der Waals surface area contributed by atoms with E-state index in [1.54, 1.807) is 6.07 Å². The molecule has 0 radical (unpaired) electrons. The van der Waals surface area contributed by atoms with Crippen molar-refractivity contribution in [3.05, 3.63) is 34.1 Å². The van der Waals surface area contributed by atoms with Gasteiger partial charge >= 0.3 is 0 Å². The SMILES string of the molecule is CNCCC1CCN(Cc2cccc(F)c2Br)CC1. The Morgan fingerprint density at radius 2 is 2.11 bits per heavy atom. The van der Waals surface area contributed by atoms with Crippen molar-refractivity contribution in [1.29, 1.82) is 0 Å². The van der Waals surface area contributed by atoms with E-state index in [1.165, 1.54) is 25.3 Å². The Morgan fingerprint density at radius 3 is 2.79 bits per heavy atom. The molecule has 0 spiro atoms. The molecular formula is C15H22BrFN2. The lowest BCUT2D eigenvalue weighted by Crippen LogP contribution is -2.34. The lowest BCUT2D eigenvalue weighted by atomic mass is 9.93. The summed E-state index contributed by atoms with van der Waals surface area (Å²) in [4.78, 5) is 2.43. The summed E-state index contributed by atoms with van der Waals surface area (Å²) in [7, 11) is 2.01. The third-order valence-electron chi connectivity index (χ3n) is 3.94. The molecule has 1 heterocycles. The van der Waals surface area contributed by atoms with Crippen LogP contribution in [0.15, 0.2) is 22.7 Å². The minimum Gasteiger partial charge on any atom is -0.320 e. The summed E-state index contributed by atoms with van der Waals surface area (Å²) in [6.45, 7) is 4.20. The van der Waals surface area contributed by atoms with Gasteiger partial charge in [0.15, 0.2) is 0 Å². The second-order valence-electron chi connectivity index (χ2n) is 5.32. The first-order valence-electron chi connectivity index (χ1n) is 7.00. The highest BCUT2D eigenvalue weighted by Gasteiger charge is 2.19. The second kappa shape index (κ2) is 7.36. The molecule has 0 unspecified atom stereocenters. The first-order valence-corrected chi connectivity index (χ1v) is 7.80. The molecule has 0 bridgehead atoms. The van der Waals surface area contributed by atoms with Crippen LogP contribution in [0.25, 0.3) is 0 Å². The molecule has 106 valence electrons. The Bertz CT molecular complexity index is 403. The Labute approximate surface area is 123 Å². The molecule has 2 nitrogen and oxygen atoms in total. The van der Waals surface area contributed by atoms with Gasteiger partial charge in [0.2, 0.25) is 0 Å². The molecule has 1 N–H and O–H groups in total. The summed E-state index contributed by atoms with van der Waals surface area (Å²) in [5, 5.41) is 3.22. The maximum absolute atomic E-state index is 13.5. The van der Waals surface area contributed by atoms with Crippen molar-refractivity contribution in [1.82, 2.24) is 10.2 Å². The normalized spacial score (nSPS) is 17.8. The van der Waals surface area contributed by atoms with E-state index < -0.39 is 0 Å². The molecule has 4 heteroatoms. The quantitative estimate of drug-likeness (QED) is 0.891. The molecule has 1 aromatic rings. The van der Waals surface area contributed by atoms with Gasteiger partial charge in [-0.05, 0) is 79.4 Å². The number of benzene rings is 1. The van der Waals surface area contributed by atoms with E-state index >= 15 is 0 Å². The molecule has 0 saturated carbocycles. The van der Waals surface area contributed by atoms with Crippen molar-refractivity contribution in [3.8, 4) is 0 Å². The van der Waals surface area contributed by atoms with Gasteiger partial charge in [0.25, 0.3) is 0 Å². The van der Waals surface area contributed by atoms with Gasteiger partial charge in [0.1, 0.15) is 5.82 Å². The fourth-order valence-corrected chi connectivity index (χ4v) is 3.08. The molecule has 0 aromatic heterocycles. The zero-order valence-corrected chi connectivity index (χ0v) is 13.0. The molecule has 1 aromatic carbocycles. The lowest BCUT2D eigenvalue weighted by Gasteiger charge is -2.32. The van der Waals surface area contributed by atoms with Crippen LogP contribution in [0.3, 0.4) is 0 Å². The van der Waals surface area contributed by atoms with Crippen LogP contribution in [0, 0.1) is 11.7 Å². The predicted molar refractivity (Wildman–Crippen MR) is 80.6 cm³/mol. The molecule has 1 aliphatic heterocycles. The number of rotatable bonds is 5. The maximum atomic E-state index is 13.5. The predicted octanol–water partition coefficient (Wildman–Crippen LogP) is 3.41. The van der Waals surface area contributed by atoms with Crippen LogP contribution in [0.4, 0.5) is 4.39 Å². The van der Waals surface area contributed by atoms with E-state index in [0.717, 1.165) is 37.7 Å². The highest BCUT2D eigenvalue weighted by atomic mass is 79.9. The minimum absolute atomic E-state index is 0.165. The molecule has 1 aliphatic rings. The number of nitrogens with zero attached hydrogens (tertiary/aromatic N) is 1. The molecule has 1 saturated heterocycles. The standard InChI is InChI=1S/C15H22BrFN2/c1-18-8-5-12-6-9-19(10-7-12)11-13-3-2-4-14(17)15(13)16/h2-4,12,18H,5-11H2,1H3. The van der Waals surface area contributed by atoms with Crippen molar-refractivity contribution in [2.45, 2.75) is 25.8 Å². The molecule has 1 fully saturated rings. The van der Waals surface area contributed by atoms with Crippen molar-refractivity contribution in [2.24, 2.45) is 5.92 Å². The summed E-state index contributed by atoms with van der Waals surface area (Å²) < 4.78 is 14.1. The van der Waals surface area contributed by atoms with E-state index in [-0.39, 0.29) is 5.82 Å². The summed E-state index contributed by atoms with van der Waals surface area (Å²) in [6, 6.07) is 5.28. The van der Waals surface area contributed by atoms with Gasteiger partial charge < -0.3 is 5.32 Å². The third-order valence-corrected chi connectivity index (χ3v) is 4.82. The van der Waals surface area contributed by atoms with Gasteiger partial charge in [-0.2, -0.15) is 0 Å². The lowest BCUT2D eigenvalue weighted by molar-refractivity contribution is 0.172.